The summed E-state index contributed by atoms with van der Waals surface area (Å²) in [6.45, 7) is 3.09. The maximum absolute atomic E-state index is 12.3. The van der Waals surface area contributed by atoms with E-state index in [4.69, 9.17) is 0 Å². The van der Waals surface area contributed by atoms with Crippen molar-refractivity contribution in [3.05, 3.63) is 60.3 Å². The molecule has 24 heavy (non-hydrogen) atoms. The second kappa shape index (κ2) is 8.02. The van der Waals surface area contributed by atoms with E-state index in [2.05, 4.69) is 28.3 Å². The van der Waals surface area contributed by atoms with Gasteiger partial charge < -0.3 is 9.80 Å². The summed E-state index contributed by atoms with van der Waals surface area (Å²) in [5.41, 5.74) is 1.05. The van der Waals surface area contributed by atoms with Crippen LogP contribution in [0.5, 0.6) is 0 Å². The van der Waals surface area contributed by atoms with Crippen LogP contribution in [0.25, 0.3) is 6.08 Å². The summed E-state index contributed by atoms with van der Waals surface area (Å²) >= 11 is 1.71. The summed E-state index contributed by atoms with van der Waals surface area (Å²) < 4.78 is 0. The molecule has 0 unspecified atom stereocenters. The van der Waals surface area contributed by atoms with Gasteiger partial charge in [-0.25, -0.2) is 4.98 Å². The number of rotatable bonds is 4. The number of nitrogens with zero attached hydrogens (tertiary/aromatic N) is 3. The van der Waals surface area contributed by atoms with Gasteiger partial charge in [-0.05, 0) is 42.2 Å². The number of anilines is 1. The molecule has 0 atom stereocenters. The SMILES string of the molecule is CSc1ccc(/C=C\C(=O)N2CCN(c3ccccn3)CC2)cc1. The maximum atomic E-state index is 12.3. The molecular weight excluding hydrogens is 318 g/mol. The molecule has 0 N–H and O–H groups in total. The molecule has 1 aromatic carbocycles. The first kappa shape index (κ1) is 16.6. The van der Waals surface area contributed by atoms with Crippen LogP contribution in [0.1, 0.15) is 5.56 Å². The van der Waals surface area contributed by atoms with Crippen molar-refractivity contribution in [1.29, 1.82) is 0 Å². The fraction of sp³-hybridized carbons (Fsp3) is 0.263. The van der Waals surface area contributed by atoms with E-state index in [1.165, 1.54) is 4.90 Å². The zero-order chi connectivity index (χ0) is 16.8. The van der Waals surface area contributed by atoms with Gasteiger partial charge in [-0.3, -0.25) is 4.79 Å². The number of carbonyl (C=O) groups is 1. The first-order valence-corrected chi connectivity index (χ1v) is 9.26. The number of piperazine rings is 1. The Bertz CT molecular complexity index is 692. The fourth-order valence-electron chi connectivity index (χ4n) is 2.68. The summed E-state index contributed by atoms with van der Waals surface area (Å²) in [5.74, 6) is 1.05. The Morgan fingerprint density at radius 1 is 1.08 bits per heavy atom. The molecule has 1 amide bonds. The second-order valence-electron chi connectivity index (χ2n) is 5.61. The Hall–Kier alpha value is -2.27. The van der Waals surface area contributed by atoms with Crippen molar-refractivity contribution in [3.8, 4) is 0 Å². The lowest BCUT2D eigenvalue weighted by Crippen LogP contribution is -2.48. The molecule has 0 spiro atoms. The van der Waals surface area contributed by atoms with E-state index in [0.29, 0.717) is 0 Å². The third-order valence-corrected chi connectivity index (χ3v) is 4.84. The molecule has 0 aliphatic carbocycles. The van der Waals surface area contributed by atoms with E-state index < -0.39 is 0 Å². The molecule has 5 heteroatoms. The van der Waals surface area contributed by atoms with Gasteiger partial charge in [0, 0.05) is 43.3 Å². The third kappa shape index (κ3) is 4.17. The average molecular weight is 339 g/mol. The van der Waals surface area contributed by atoms with Crippen molar-refractivity contribution in [2.45, 2.75) is 4.90 Å². The second-order valence-corrected chi connectivity index (χ2v) is 6.49. The van der Waals surface area contributed by atoms with Crippen molar-refractivity contribution in [3.63, 3.8) is 0 Å². The number of benzene rings is 1. The average Bonchev–Trinajstić information content (AvgIpc) is 2.67. The summed E-state index contributed by atoms with van der Waals surface area (Å²) in [5, 5.41) is 0. The first-order chi connectivity index (χ1) is 11.8. The largest absolute Gasteiger partial charge is 0.353 e. The molecule has 1 aliphatic rings. The van der Waals surface area contributed by atoms with E-state index in [1.807, 2.05) is 41.3 Å². The van der Waals surface area contributed by atoms with Crippen LogP contribution in [-0.2, 0) is 4.79 Å². The van der Waals surface area contributed by atoms with Gasteiger partial charge in [0.15, 0.2) is 0 Å². The van der Waals surface area contributed by atoms with E-state index in [1.54, 1.807) is 24.0 Å². The highest BCUT2D eigenvalue weighted by Crippen LogP contribution is 2.16. The Kier molecular flexibility index (Phi) is 5.54. The third-order valence-electron chi connectivity index (χ3n) is 4.10. The number of hydrogen-bond donors (Lipinski definition) is 0. The standard InChI is InChI=1S/C19H21N3OS/c1-24-17-8-5-16(6-9-17)7-10-19(23)22-14-12-21(13-15-22)18-4-2-3-11-20-18/h2-11H,12-15H2,1H3/b10-7-. The number of pyridine rings is 1. The molecule has 3 rings (SSSR count). The van der Waals surface area contributed by atoms with Gasteiger partial charge in [0.05, 0.1) is 0 Å². The molecule has 2 aromatic rings. The molecule has 2 heterocycles. The van der Waals surface area contributed by atoms with Crippen molar-refractivity contribution in [2.24, 2.45) is 0 Å². The molecule has 0 bridgehead atoms. The first-order valence-electron chi connectivity index (χ1n) is 8.03. The monoisotopic (exact) mass is 339 g/mol. The van der Waals surface area contributed by atoms with Gasteiger partial charge in [-0.1, -0.05) is 18.2 Å². The minimum Gasteiger partial charge on any atom is -0.353 e. The molecule has 0 saturated carbocycles. The number of amides is 1. The van der Waals surface area contributed by atoms with Gasteiger partial charge in [0.1, 0.15) is 5.82 Å². The number of thioether (sulfide) groups is 1. The van der Waals surface area contributed by atoms with Crippen LogP contribution in [0.3, 0.4) is 0 Å². The number of aromatic nitrogens is 1. The van der Waals surface area contributed by atoms with E-state index in [0.717, 1.165) is 37.6 Å². The van der Waals surface area contributed by atoms with Gasteiger partial charge in [-0.2, -0.15) is 0 Å². The maximum Gasteiger partial charge on any atom is 0.246 e. The highest BCUT2D eigenvalue weighted by atomic mass is 32.2. The highest BCUT2D eigenvalue weighted by molar-refractivity contribution is 7.98. The van der Waals surface area contributed by atoms with Crippen molar-refractivity contribution in [1.82, 2.24) is 9.88 Å². The van der Waals surface area contributed by atoms with Crippen LogP contribution in [0, 0.1) is 0 Å². The Balaban J connectivity index is 1.54. The molecule has 1 fully saturated rings. The Morgan fingerprint density at radius 3 is 2.46 bits per heavy atom. The van der Waals surface area contributed by atoms with E-state index >= 15 is 0 Å². The lowest BCUT2D eigenvalue weighted by Gasteiger charge is -2.34. The van der Waals surface area contributed by atoms with Crippen LogP contribution in [0.15, 0.2) is 59.6 Å². The predicted molar refractivity (Wildman–Crippen MR) is 100 cm³/mol. The quantitative estimate of drug-likeness (QED) is 0.633. The Morgan fingerprint density at radius 2 is 1.83 bits per heavy atom. The van der Waals surface area contributed by atoms with Crippen molar-refractivity contribution < 1.29 is 4.79 Å². The minimum atomic E-state index is 0.0737. The normalized spacial score (nSPS) is 15.0. The summed E-state index contributed by atoms with van der Waals surface area (Å²) in [7, 11) is 0. The van der Waals surface area contributed by atoms with Crippen LogP contribution in [0.2, 0.25) is 0 Å². The molecule has 1 saturated heterocycles. The predicted octanol–water partition coefficient (Wildman–Crippen LogP) is 3.17. The molecule has 0 radical (unpaired) electrons. The van der Waals surface area contributed by atoms with E-state index in [-0.39, 0.29) is 5.91 Å². The minimum absolute atomic E-state index is 0.0737. The number of hydrogen-bond acceptors (Lipinski definition) is 4. The summed E-state index contributed by atoms with van der Waals surface area (Å²) in [4.78, 5) is 22.0. The number of carbonyl (C=O) groups excluding carboxylic acids is 1. The molecular formula is C19H21N3OS. The van der Waals surface area contributed by atoms with Crippen molar-refractivity contribution >= 4 is 29.6 Å². The van der Waals surface area contributed by atoms with Gasteiger partial charge >= 0.3 is 0 Å². The zero-order valence-electron chi connectivity index (χ0n) is 13.8. The van der Waals surface area contributed by atoms with Gasteiger partial charge in [0.25, 0.3) is 0 Å². The van der Waals surface area contributed by atoms with Crippen LogP contribution < -0.4 is 4.90 Å². The van der Waals surface area contributed by atoms with Crippen LogP contribution >= 0.6 is 11.8 Å². The van der Waals surface area contributed by atoms with Crippen LogP contribution in [-0.4, -0.2) is 48.2 Å². The molecule has 1 aliphatic heterocycles. The summed E-state index contributed by atoms with van der Waals surface area (Å²) in [6.07, 6.45) is 7.42. The van der Waals surface area contributed by atoms with Crippen molar-refractivity contribution in [2.75, 3.05) is 37.3 Å². The Labute approximate surface area is 147 Å². The lowest BCUT2D eigenvalue weighted by molar-refractivity contribution is -0.126. The van der Waals surface area contributed by atoms with Gasteiger partial charge in [-0.15, -0.1) is 11.8 Å². The molecule has 124 valence electrons. The smallest absolute Gasteiger partial charge is 0.246 e. The topological polar surface area (TPSA) is 36.4 Å². The van der Waals surface area contributed by atoms with Crippen LogP contribution in [0.4, 0.5) is 5.82 Å². The van der Waals surface area contributed by atoms with E-state index in [9.17, 15) is 4.79 Å². The molecule has 4 nitrogen and oxygen atoms in total. The lowest BCUT2D eigenvalue weighted by atomic mass is 10.2. The highest BCUT2D eigenvalue weighted by Gasteiger charge is 2.20. The summed E-state index contributed by atoms with van der Waals surface area (Å²) in [6, 6.07) is 14.1. The fourth-order valence-corrected chi connectivity index (χ4v) is 3.09. The van der Waals surface area contributed by atoms with Gasteiger partial charge in [0.2, 0.25) is 5.91 Å². The molecule has 1 aromatic heterocycles. The zero-order valence-corrected chi connectivity index (χ0v) is 14.6.